The van der Waals surface area contributed by atoms with Crippen LogP contribution in [0.2, 0.25) is 5.02 Å². The third kappa shape index (κ3) is 5.52. The number of nitrogens with zero attached hydrogens (tertiary/aromatic N) is 3. The standard InChI is InChI=1S/C21H21BrClN3O2S.ClH/c22-15-6-7-18-19(14-15)29-21(24-18)26(9-3-8-25-10-12-28-13-11-25)20(27)16-4-1-2-5-17(16)23;/h1-2,4-7,14H,3,8-13H2;1H. The summed E-state index contributed by atoms with van der Waals surface area (Å²) in [7, 11) is 0. The minimum Gasteiger partial charge on any atom is -0.379 e. The Morgan fingerprint density at radius 3 is 2.77 bits per heavy atom. The van der Waals surface area contributed by atoms with Crippen molar-refractivity contribution in [2.45, 2.75) is 6.42 Å². The number of aromatic nitrogens is 1. The van der Waals surface area contributed by atoms with Crippen molar-refractivity contribution in [3.63, 3.8) is 0 Å². The third-order valence-corrected chi connectivity index (χ3v) is 6.74. The number of ether oxygens (including phenoxy) is 1. The van der Waals surface area contributed by atoms with Gasteiger partial charge >= 0.3 is 0 Å². The molecule has 0 bridgehead atoms. The Morgan fingerprint density at radius 1 is 1.23 bits per heavy atom. The molecule has 0 aliphatic carbocycles. The molecule has 2 heterocycles. The fourth-order valence-electron chi connectivity index (χ4n) is 3.34. The molecule has 1 aliphatic rings. The van der Waals surface area contributed by atoms with Crippen LogP contribution in [0.1, 0.15) is 16.8 Å². The van der Waals surface area contributed by atoms with Crippen LogP contribution in [0, 0.1) is 0 Å². The molecule has 1 aliphatic heterocycles. The maximum atomic E-state index is 13.4. The molecule has 0 atom stereocenters. The summed E-state index contributed by atoms with van der Waals surface area (Å²) in [5, 5.41) is 1.16. The van der Waals surface area contributed by atoms with E-state index in [1.807, 2.05) is 30.3 Å². The molecule has 0 spiro atoms. The lowest BCUT2D eigenvalue weighted by Crippen LogP contribution is -2.39. The molecule has 0 unspecified atom stereocenters. The average Bonchev–Trinajstić information content (AvgIpc) is 3.14. The number of benzene rings is 2. The highest BCUT2D eigenvalue weighted by Crippen LogP contribution is 2.32. The zero-order valence-corrected chi connectivity index (χ0v) is 20.2. The van der Waals surface area contributed by atoms with E-state index in [1.165, 1.54) is 11.3 Å². The quantitative estimate of drug-likeness (QED) is 0.422. The molecule has 3 aromatic rings. The van der Waals surface area contributed by atoms with Gasteiger partial charge in [0.05, 0.1) is 34.0 Å². The van der Waals surface area contributed by atoms with Crippen LogP contribution in [0.4, 0.5) is 5.13 Å². The number of carbonyl (C=O) groups is 1. The second-order valence-electron chi connectivity index (χ2n) is 6.85. The monoisotopic (exact) mass is 529 g/mol. The first-order valence-corrected chi connectivity index (χ1v) is 11.5. The maximum absolute atomic E-state index is 13.4. The number of hydrogen-bond donors (Lipinski definition) is 0. The van der Waals surface area contributed by atoms with E-state index in [0.29, 0.717) is 22.3 Å². The molecule has 5 nitrogen and oxygen atoms in total. The fraction of sp³-hybridized carbons (Fsp3) is 0.333. The molecule has 0 N–H and O–H groups in total. The van der Waals surface area contributed by atoms with Gasteiger partial charge in [-0.1, -0.05) is 51.0 Å². The van der Waals surface area contributed by atoms with Crippen molar-refractivity contribution in [1.29, 1.82) is 0 Å². The minimum absolute atomic E-state index is 0. The third-order valence-electron chi connectivity index (χ3n) is 4.88. The van der Waals surface area contributed by atoms with Crippen LogP contribution in [-0.4, -0.2) is 55.2 Å². The average molecular weight is 531 g/mol. The van der Waals surface area contributed by atoms with Gasteiger partial charge in [-0.3, -0.25) is 14.6 Å². The predicted octanol–water partition coefficient (Wildman–Crippen LogP) is 5.50. The van der Waals surface area contributed by atoms with Crippen molar-refractivity contribution in [1.82, 2.24) is 9.88 Å². The number of morpholine rings is 1. The number of anilines is 1. The molecule has 2 aromatic carbocycles. The Morgan fingerprint density at radius 2 is 2.00 bits per heavy atom. The van der Waals surface area contributed by atoms with Gasteiger partial charge in [-0.25, -0.2) is 4.98 Å². The number of hydrogen-bond acceptors (Lipinski definition) is 5. The van der Waals surface area contributed by atoms with Crippen molar-refractivity contribution < 1.29 is 9.53 Å². The second-order valence-corrected chi connectivity index (χ2v) is 9.18. The number of fused-ring (bicyclic) bond motifs is 1. The first kappa shape index (κ1) is 23.4. The Bertz CT molecular complexity index is 1010. The van der Waals surface area contributed by atoms with E-state index in [0.717, 1.165) is 54.0 Å². The molecule has 0 radical (unpaired) electrons. The summed E-state index contributed by atoms with van der Waals surface area (Å²) < 4.78 is 7.45. The van der Waals surface area contributed by atoms with Gasteiger partial charge in [0, 0.05) is 30.7 Å². The molecule has 4 rings (SSSR count). The highest BCUT2D eigenvalue weighted by atomic mass is 79.9. The summed E-state index contributed by atoms with van der Waals surface area (Å²) in [5.74, 6) is -0.115. The number of amides is 1. The van der Waals surface area contributed by atoms with Crippen molar-refractivity contribution in [2.24, 2.45) is 0 Å². The van der Waals surface area contributed by atoms with Crippen LogP contribution in [-0.2, 0) is 4.74 Å². The summed E-state index contributed by atoms with van der Waals surface area (Å²) in [6.45, 7) is 4.93. The Hall–Kier alpha value is -1.22. The number of carbonyl (C=O) groups excluding carboxylic acids is 1. The van der Waals surface area contributed by atoms with Gasteiger partial charge in [0.2, 0.25) is 0 Å². The van der Waals surface area contributed by atoms with E-state index >= 15 is 0 Å². The normalized spacial score (nSPS) is 14.5. The topological polar surface area (TPSA) is 45.7 Å². The molecule has 160 valence electrons. The molecule has 9 heteroatoms. The first-order chi connectivity index (χ1) is 14.1. The second kappa shape index (κ2) is 10.9. The summed E-state index contributed by atoms with van der Waals surface area (Å²) in [6, 6.07) is 13.1. The minimum atomic E-state index is -0.115. The van der Waals surface area contributed by atoms with Crippen LogP contribution < -0.4 is 4.90 Å². The molecule has 1 fully saturated rings. The molecule has 1 aromatic heterocycles. The highest BCUT2D eigenvalue weighted by molar-refractivity contribution is 9.10. The molecular formula is C21H22BrCl2N3O2S. The van der Waals surface area contributed by atoms with Crippen molar-refractivity contribution in [3.8, 4) is 0 Å². The Kier molecular flexibility index (Phi) is 8.51. The van der Waals surface area contributed by atoms with Gasteiger partial charge in [0.1, 0.15) is 0 Å². The van der Waals surface area contributed by atoms with Crippen LogP contribution >= 0.6 is 51.3 Å². The summed E-state index contributed by atoms with van der Waals surface area (Å²) in [5.41, 5.74) is 1.39. The Labute approximate surface area is 199 Å². The van der Waals surface area contributed by atoms with Gasteiger partial charge in [-0.15, -0.1) is 12.4 Å². The predicted molar refractivity (Wildman–Crippen MR) is 130 cm³/mol. The van der Waals surface area contributed by atoms with E-state index in [2.05, 4.69) is 20.8 Å². The van der Waals surface area contributed by atoms with Crippen molar-refractivity contribution >= 4 is 72.5 Å². The van der Waals surface area contributed by atoms with Gasteiger partial charge in [0.25, 0.3) is 5.91 Å². The molecule has 0 saturated carbocycles. The van der Waals surface area contributed by atoms with Gasteiger partial charge < -0.3 is 4.74 Å². The lowest BCUT2D eigenvalue weighted by Gasteiger charge is -2.27. The lowest BCUT2D eigenvalue weighted by atomic mass is 10.2. The highest BCUT2D eigenvalue weighted by Gasteiger charge is 2.23. The summed E-state index contributed by atoms with van der Waals surface area (Å²) in [6.07, 6.45) is 0.857. The van der Waals surface area contributed by atoms with Gasteiger partial charge in [-0.05, 0) is 36.8 Å². The number of thiazole rings is 1. The van der Waals surface area contributed by atoms with Gasteiger partial charge in [0.15, 0.2) is 5.13 Å². The number of halogens is 3. The largest absolute Gasteiger partial charge is 0.379 e. The van der Waals surface area contributed by atoms with E-state index in [9.17, 15) is 4.79 Å². The zero-order valence-electron chi connectivity index (χ0n) is 16.2. The van der Waals surface area contributed by atoms with Crippen LogP contribution in [0.25, 0.3) is 10.2 Å². The molecule has 1 amide bonds. The SMILES string of the molecule is Cl.O=C(c1ccccc1Cl)N(CCCN1CCOCC1)c1nc2ccc(Br)cc2s1. The molecular weight excluding hydrogens is 509 g/mol. The lowest BCUT2D eigenvalue weighted by molar-refractivity contribution is 0.0376. The van der Waals surface area contributed by atoms with Crippen LogP contribution in [0.15, 0.2) is 46.9 Å². The summed E-state index contributed by atoms with van der Waals surface area (Å²) >= 11 is 11.3. The van der Waals surface area contributed by atoms with E-state index in [1.54, 1.807) is 17.0 Å². The summed E-state index contributed by atoms with van der Waals surface area (Å²) in [4.78, 5) is 22.2. The maximum Gasteiger partial charge on any atom is 0.261 e. The van der Waals surface area contributed by atoms with E-state index in [-0.39, 0.29) is 18.3 Å². The Balaban J connectivity index is 0.00000256. The zero-order chi connectivity index (χ0) is 20.2. The first-order valence-electron chi connectivity index (χ1n) is 9.54. The van der Waals surface area contributed by atoms with Crippen LogP contribution in [0.3, 0.4) is 0 Å². The van der Waals surface area contributed by atoms with Crippen molar-refractivity contribution in [3.05, 3.63) is 57.5 Å². The van der Waals surface area contributed by atoms with E-state index in [4.69, 9.17) is 21.3 Å². The van der Waals surface area contributed by atoms with E-state index < -0.39 is 0 Å². The molecule has 1 saturated heterocycles. The van der Waals surface area contributed by atoms with Crippen molar-refractivity contribution in [2.75, 3.05) is 44.3 Å². The van der Waals surface area contributed by atoms with Crippen LogP contribution in [0.5, 0.6) is 0 Å². The fourth-order valence-corrected chi connectivity index (χ4v) is 5.10. The molecule has 30 heavy (non-hydrogen) atoms. The smallest absolute Gasteiger partial charge is 0.261 e. The van der Waals surface area contributed by atoms with Gasteiger partial charge in [-0.2, -0.15) is 0 Å². The number of rotatable bonds is 6.